The maximum absolute atomic E-state index is 12.5. The standard InChI is InChI=1S/C19H29NO3/c1-14-4-3-5-15(2)12-18-16(7-6-14)17(19(21)23-18)13-20-8-10-22-11-9-20/h4,12,16-18H,3,5-11,13H2,1-2H3/b14-4+,15-12+/t16-,17-,18+/m0/s1. The van der Waals surface area contributed by atoms with E-state index in [9.17, 15) is 4.79 Å². The number of esters is 1. The van der Waals surface area contributed by atoms with Crippen LogP contribution in [0.4, 0.5) is 0 Å². The summed E-state index contributed by atoms with van der Waals surface area (Å²) < 4.78 is 11.2. The van der Waals surface area contributed by atoms with Crippen molar-refractivity contribution in [2.45, 2.75) is 45.6 Å². The quantitative estimate of drug-likeness (QED) is 0.579. The Morgan fingerprint density at radius 1 is 1.17 bits per heavy atom. The first kappa shape index (κ1) is 16.7. The van der Waals surface area contributed by atoms with Crippen LogP contribution >= 0.6 is 0 Å². The smallest absolute Gasteiger partial charge is 0.311 e. The van der Waals surface area contributed by atoms with Gasteiger partial charge in [0.25, 0.3) is 0 Å². The SMILES string of the molecule is C/C1=C\[C@H]2OC(=O)[C@@H](CN3CCOCC3)[C@@H]2CC/C(C)=C/CC1. The van der Waals surface area contributed by atoms with E-state index in [0.29, 0.717) is 5.92 Å². The zero-order valence-corrected chi connectivity index (χ0v) is 14.4. The highest BCUT2D eigenvalue weighted by atomic mass is 16.6. The lowest BCUT2D eigenvalue weighted by molar-refractivity contribution is -0.143. The Labute approximate surface area is 139 Å². The molecule has 0 aromatic rings. The van der Waals surface area contributed by atoms with Crippen LogP contribution in [-0.4, -0.2) is 49.8 Å². The Morgan fingerprint density at radius 3 is 2.74 bits per heavy atom. The molecule has 0 unspecified atom stereocenters. The summed E-state index contributed by atoms with van der Waals surface area (Å²) in [6.07, 6.45) is 8.80. The van der Waals surface area contributed by atoms with E-state index in [1.165, 1.54) is 11.1 Å². The third-order valence-electron chi connectivity index (χ3n) is 5.40. The molecule has 3 rings (SSSR count). The molecule has 2 saturated heterocycles. The van der Waals surface area contributed by atoms with Gasteiger partial charge in [-0.2, -0.15) is 0 Å². The van der Waals surface area contributed by atoms with Crippen molar-refractivity contribution < 1.29 is 14.3 Å². The number of ether oxygens (including phenoxy) is 2. The van der Waals surface area contributed by atoms with Crippen LogP contribution in [0.25, 0.3) is 0 Å². The van der Waals surface area contributed by atoms with Crippen LogP contribution in [0.15, 0.2) is 23.3 Å². The molecule has 0 N–H and O–H groups in total. The minimum Gasteiger partial charge on any atom is -0.458 e. The number of rotatable bonds is 2. The van der Waals surface area contributed by atoms with Crippen LogP contribution in [0.3, 0.4) is 0 Å². The van der Waals surface area contributed by atoms with Gasteiger partial charge >= 0.3 is 5.97 Å². The van der Waals surface area contributed by atoms with Crippen molar-refractivity contribution in [3.63, 3.8) is 0 Å². The lowest BCUT2D eigenvalue weighted by Gasteiger charge is -2.30. The molecule has 4 heteroatoms. The minimum absolute atomic E-state index is 0.00331. The van der Waals surface area contributed by atoms with Gasteiger partial charge in [-0.1, -0.05) is 17.2 Å². The summed E-state index contributed by atoms with van der Waals surface area (Å²) in [6.45, 7) is 8.59. The van der Waals surface area contributed by atoms with Crippen molar-refractivity contribution in [1.82, 2.24) is 4.90 Å². The van der Waals surface area contributed by atoms with Crippen molar-refractivity contribution in [3.05, 3.63) is 23.3 Å². The fraction of sp³-hybridized carbons (Fsp3) is 0.737. The predicted octanol–water partition coefficient (Wildman–Crippen LogP) is 2.94. The van der Waals surface area contributed by atoms with Crippen molar-refractivity contribution in [2.75, 3.05) is 32.8 Å². The molecule has 4 nitrogen and oxygen atoms in total. The molecule has 2 heterocycles. The van der Waals surface area contributed by atoms with E-state index in [2.05, 4.69) is 30.9 Å². The lowest BCUT2D eigenvalue weighted by Crippen LogP contribution is -2.41. The fourth-order valence-corrected chi connectivity index (χ4v) is 3.91. The van der Waals surface area contributed by atoms with E-state index >= 15 is 0 Å². The molecule has 0 aromatic carbocycles. The summed E-state index contributed by atoms with van der Waals surface area (Å²) in [5.41, 5.74) is 2.79. The summed E-state index contributed by atoms with van der Waals surface area (Å²) in [5.74, 6) is 0.313. The average Bonchev–Trinajstić information content (AvgIpc) is 2.81. The van der Waals surface area contributed by atoms with Crippen molar-refractivity contribution in [3.8, 4) is 0 Å². The highest BCUT2D eigenvalue weighted by Crippen LogP contribution is 2.36. The molecule has 0 radical (unpaired) electrons. The van der Waals surface area contributed by atoms with Gasteiger partial charge in [0.05, 0.1) is 19.1 Å². The average molecular weight is 319 g/mol. The van der Waals surface area contributed by atoms with Gasteiger partial charge in [-0.25, -0.2) is 0 Å². The summed E-state index contributed by atoms with van der Waals surface area (Å²) in [4.78, 5) is 14.8. The van der Waals surface area contributed by atoms with Gasteiger partial charge in [-0.05, 0) is 45.6 Å². The van der Waals surface area contributed by atoms with E-state index in [-0.39, 0.29) is 18.0 Å². The van der Waals surface area contributed by atoms with Crippen LogP contribution in [0, 0.1) is 11.8 Å². The molecule has 128 valence electrons. The Hall–Kier alpha value is -1.13. The molecule has 3 atom stereocenters. The number of hydrogen-bond donors (Lipinski definition) is 0. The molecule has 0 amide bonds. The maximum Gasteiger partial charge on any atom is 0.311 e. The van der Waals surface area contributed by atoms with Gasteiger partial charge in [-0.15, -0.1) is 0 Å². The van der Waals surface area contributed by atoms with Gasteiger partial charge in [0.2, 0.25) is 0 Å². The van der Waals surface area contributed by atoms with Gasteiger partial charge in [0.15, 0.2) is 0 Å². The zero-order valence-electron chi connectivity index (χ0n) is 14.4. The van der Waals surface area contributed by atoms with Crippen molar-refractivity contribution >= 4 is 5.97 Å². The summed E-state index contributed by atoms with van der Waals surface area (Å²) in [7, 11) is 0. The monoisotopic (exact) mass is 319 g/mol. The molecule has 23 heavy (non-hydrogen) atoms. The van der Waals surface area contributed by atoms with E-state index in [1.54, 1.807) is 0 Å². The molecule has 0 aromatic heterocycles. The Balaban J connectivity index is 1.74. The van der Waals surface area contributed by atoms with Crippen LogP contribution in [0.1, 0.15) is 39.5 Å². The van der Waals surface area contributed by atoms with Crippen molar-refractivity contribution in [1.29, 1.82) is 0 Å². The third kappa shape index (κ3) is 4.24. The normalized spacial score (nSPS) is 38.0. The fourth-order valence-electron chi connectivity index (χ4n) is 3.91. The summed E-state index contributed by atoms with van der Waals surface area (Å²) in [5, 5.41) is 0. The molecule has 0 bridgehead atoms. The molecule has 3 aliphatic rings. The molecule has 0 saturated carbocycles. The van der Waals surface area contributed by atoms with E-state index in [1.807, 2.05) is 0 Å². The number of hydrogen-bond acceptors (Lipinski definition) is 4. The van der Waals surface area contributed by atoms with E-state index in [4.69, 9.17) is 9.47 Å². The first-order valence-electron chi connectivity index (χ1n) is 8.97. The van der Waals surface area contributed by atoms with Crippen LogP contribution in [-0.2, 0) is 14.3 Å². The lowest BCUT2D eigenvalue weighted by atomic mass is 9.83. The first-order chi connectivity index (χ1) is 11.1. The topological polar surface area (TPSA) is 38.8 Å². The van der Waals surface area contributed by atoms with Crippen molar-refractivity contribution in [2.24, 2.45) is 11.8 Å². The van der Waals surface area contributed by atoms with Gasteiger partial charge in [0, 0.05) is 25.6 Å². The second kappa shape index (κ2) is 7.63. The molecule has 1 aliphatic carbocycles. The van der Waals surface area contributed by atoms with Crippen LogP contribution < -0.4 is 0 Å². The maximum atomic E-state index is 12.5. The molecular weight excluding hydrogens is 290 g/mol. The van der Waals surface area contributed by atoms with E-state index in [0.717, 1.165) is 58.5 Å². The second-order valence-electron chi connectivity index (χ2n) is 7.23. The number of carbonyl (C=O) groups is 1. The molecule has 0 spiro atoms. The Kier molecular flexibility index (Phi) is 5.54. The van der Waals surface area contributed by atoms with Crippen LogP contribution in [0.5, 0.6) is 0 Å². The number of allylic oxidation sites excluding steroid dienone is 3. The highest BCUT2D eigenvalue weighted by Gasteiger charge is 2.44. The number of morpholine rings is 1. The highest BCUT2D eigenvalue weighted by molar-refractivity contribution is 5.76. The van der Waals surface area contributed by atoms with E-state index < -0.39 is 0 Å². The van der Waals surface area contributed by atoms with Crippen LogP contribution in [0.2, 0.25) is 0 Å². The molecule has 2 aliphatic heterocycles. The summed E-state index contributed by atoms with van der Waals surface area (Å²) >= 11 is 0. The number of nitrogens with zero attached hydrogens (tertiary/aromatic N) is 1. The predicted molar refractivity (Wildman–Crippen MR) is 90.1 cm³/mol. The second-order valence-corrected chi connectivity index (χ2v) is 7.23. The third-order valence-corrected chi connectivity index (χ3v) is 5.40. The molecular formula is C19H29NO3. The molecule has 2 fully saturated rings. The Bertz CT molecular complexity index is 491. The first-order valence-corrected chi connectivity index (χ1v) is 8.97. The zero-order chi connectivity index (χ0) is 16.2. The van der Waals surface area contributed by atoms with Gasteiger partial charge in [0.1, 0.15) is 6.10 Å². The van der Waals surface area contributed by atoms with Gasteiger partial charge < -0.3 is 9.47 Å². The minimum atomic E-state index is -0.0283. The van der Waals surface area contributed by atoms with Gasteiger partial charge in [-0.3, -0.25) is 9.69 Å². The number of carbonyl (C=O) groups excluding carboxylic acids is 1. The Morgan fingerprint density at radius 2 is 1.96 bits per heavy atom. The summed E-state index contributed by atoms with van der Waals surface area (Å²) in [6, 6.07) is 0. The largest absolute Gasteiger partial charge is 0.458 e. The number of fused-ring (bicyclic) bond motifs is 1.